The number of hydrogen-bond donors (Lipinski definition) is 1. The summed E-state index contributed by atoms with van der Waals surface area (Å²) >= 11 is 0. The predicted molar refractivity (Wildman–Crippen MR) is 50.5 cm³/mol. The quantitative estimate of drug-likeness (QED) is 0.477. The van der Waals surface area contributed by atoms with Crippen molar-refractivity contribution in [3.63, 3.8) is 0 Å². The van der Waals surface area contributed by atoms with Crippen LogP contribution in [0.2, 0.25) is 0 Å². The Balaban J connectivity index is 3.90. The second kappa shape index (κ2) is 5.33. The molecule has 0 fully saturated rings. The van der Waals surface area contributed by atoms with Crippen LogP contribution in [0.3, 0.4) is 0 Å². The molecule has 0 aliphatic rings. The average molecular weight is 156 g/mol. The summed E-state index contributed by atoms with van der Waals surface area (Å²) in [5, 5.41) is 3.26. The first-order valence-corrected chi connectivity index (χ1v) is 4.11. The van der Waals surface area contributed by atoms with Crippen molar-refractivity contribution in [2.24, 2.45) is 5.92 Å². The highest BCUT2D eigenvalue weighted by Gasteiger charge is 2.14. The molecule has 2 heteroatoms. The molecule has 0 radical (unpaired) electrons. The fourth-order valence-electron chi connectivity index (χ4n) is 1.38. The second-order valence-electron chi connectivity index (χ2n) is 3.21. The van der Waals surface area contributed by atoms with Crippen molar-refractivity contribution in [2.75, 3.05) is 20.6 Å². The van der Waals surface area contributed by atoms with Crippen LogP contribution < -0.4 is 5.32 Å². The Morgan fingerprint density at radius 3 is 2.36 bits per heavy atom. The number of nitrogens with zero attached hydrogens (tertiary/aromatic N) is 1. The van der Waals surface area contributed by atoms with Crippen molar-refractivity contribution >= 4 is 0 Å². The van der Waals surface area contributed by atoms with Gasteiger partial charge in [0.1, 0.15) is 0 Å². The van der Waals surface area contributed by atoms with Crippen LogP contribution in [0.25, 0.3) is 0 Å². The second-order valence-corrected chi connectivity index (χ2v) is 3.21. The van der Waals surface area contributed by atoms with Gasteiger partial charge in [0.25, 0.3) is 0 Å². The van der Waals surface area contributed by atoms with Crippen LogP contribution >= 0.6 is 0 Å². The van der Waals surface area contributed by atoms with Crippen molar-refractivity contribution in [1.82, 2.24) is 10.2 Å². The molecule has 1 atom stereocenters. The first kappa shape index (κ1) is 10.7. The van der Waals surface area contributed by atoms with Gasteiger partial charge in [0, 0.05) is 6.54 Å². The third-order valence-electron chi connectivity index (χ3n) is 1.82. The summed E-state index contributed by atoms with van der Waals surface area (Å²) in [6.07, 6.45) is 2.38. The predicted octanol–water partition coefficient (Wildman–Crippen LogP) is 1.31. The summed E-state index contributed by atoms with van der Waals surface area (Å²) in [7, 11) is 4.09. The van der Waals surface area contributed by atoms with E-state index in [0.717, 1.165) is 6.54 Å². The third kappa shape index (κ3) is 3.54. The molecule has 0 aromatic carbocycles. The average Bonchev–Trinajstić information content (AvgIpc) is 1.88. The monoisotopic (exact) mass is 156 g/mol. The molecule has 0 aliphatic carbocycles. The summed E-state index contributed by atoms with van der Waals surface area (Å²) in [4.78, 5) is 2.25. The van der Waals surface area contributed by atoms with E-state index in [4.69, 9.17) is 0 Å². The number of rotatable bonds is 5. The maximum atomic E-state index is 3.71. The van der Waals surface area contributed by atoms with Crippen LogP contribution in [-0.4, -0.2) is 31.7 Å². The van der Waals surface area contributed by atoms with E-state index in [-0.39, 0.29) is 0 Å². The Bertz CT molecular complexity index is 110. The van der Waals surface area contributed by atoms with Crippen LogP contribution in [0.4, 0.5) is 0 Å². The summed E-state index contributed by atoms with van der Waals surface area (Å²) in [5.74, 6) is 0.630. The molecule has 2 nitrogen and oxygen atoms in total. The summed E-state index contributed by atoms with van der Waals surface area (Å²) in [6, 6.07) is 0. The molecular formula is C9H20N2. The molecule has 0 saturated heterocycles. The molecule has 0 bridgehead atoms. The van der Waals surface area contributed by atoms with E-state index in [9.17, 15) is 0 Å². The molecule has 0 amide bonds. The van der Waals surface area contributed by atoms with Crippen LogP contribution in [0.5, 0.6) is 0 Å². The molecule has 1 N–H and O–H groups in total. The SMILES string of the molecule is C=CCN(C)C(NC)C(C)C. The highest BCUT2D eigenvalue weighted by atomic mass is 15.2. The van der Waals surface area contributed by atoms with E-state index < -0.39 is 0 Å². The summed E-state index contributed by atoms with van der Waals surface area (Å²) in [5.41, 5.74) is 0. The van der Waals surface area contributed by atoms with Gasteiger partial charge in [-0.1, -0.05) is 19.9 Å². The zero-order chi connectivity index (χ0) is 8.85. The zero-order valence-electron chi connectivity index (χ0n) is 8.09. The molecular weight excluding hydrogens is 136 g/mol. The summed E-state index contributed by atoms with van der Waals surface area (Å²) < 4.78 is 0. The van der Waals surface area contributed by atoms with Gasteiger partial charge in [-0.25, -0.2) is 0 Å². The van der Waals surface area contributed by atoms with Crippen LogP contribution in [0.15, 0.2) is 12.7 Å². The van der Waals surface area contributed by atoms with Gasteiger partial charge >= 0.3 is 0 Å². The lowest BCUT2D eigenvalue weighted by molar-refractivity contribution is 0.181. The molecule has 0 saturated carbocycles. The van der Waals surface area contributed by atoms with Crippen molar-refractivity contribution < 1.29 is 0 Å². The van der Waals surface area contributed by atoms with E-state index in [2.05, 4.69) is 37.7 Å². The van der Waals surface area contributed by atoms with Gasteiger partial charge in [-0.15, -0.1) is 6.58 Å². The number of likely N-dealkylation sites (N-methyl/N-ethyl adjacent to an activating group) is 1. The maximum Gasteiger partial charge on any atom is 0.0618 e. The smallest absolute Gasteiger partial charge is 0.0618 e. The van der Waals surface area contributed by atoms with E-state index in [0.29, 0.717) is 12.1 Å². The number of hydrogen-bond acceptors (Lipinski definition) is 2. The van der Waals surface area contributed by atoms with E-state index in [1.807, 2.05) is 13.1 Å². The van der Waals surface area contributed by atoms with E-state index in [1.54, 1.807) is 0 Å². The minimum atomic E-state index is 0.452. The number of nitrogens with one attached hydrogen (secondary N) is 1. The highest BCUT2D eigenvalue weighted by Crippen LogP contribution is 2.04. The largest absolute Gasteiger partial charge is 0.305 e. The first-order chi connectivity index (χ1) is 5.13. The highest BCUT2D eigenvalue weighted by molar-refractivity contribution is 4.76. The molecule has 66 valence electrons. The Morgan fingerprint density at radius 1 is 1.55 bits per heavy atom. The van der Waals surface area contributed by atoms with Gasteiger partial charge in [0.15, 0.2) is 0 Å². The maximum absolute atomic E-state index is 3.71. The van der Waals surface area contributed by atoms with E-state index >= 15 is 0 Å². The lowest BCUT2D eigenvalue weighted by Gasteiger charge is -2.29. The van der Waals surface area contributed by atoms with Crippen molar-refractivity contribution in [3.8, 4) is 0 Å². The van der Waals surface area contributed by atoms with Gasteiger partial charge in [0.2, 0.25) is 0 Å². The fraction of sp³-hybridized carbons (Fsp3) is 0.778. The van der Waals surface area contributed by atoms with Crippen molar-refractivity contribution in [1.29, 1.82) is 0 Å². The van der Waals surface area contributed by atoms with Crippen molar-refractivity contribution in [3.05, 3.63) is 12.7 Å². The molecule has 1 unspecified atom stereocenters. The Hall–Kier alpha value is -0.340. The fourth-order valence-corrected chi connectivity index (χ4v) is 1.38. The lowest BCUT2D eigenvalue weighted by Crippen LogP contribution is -2.45. The molecule has 0 aliphatic heterocycles. The standard InChI is InChI=1S/C9H20N2/c1-6-7-11(5)9(10-4)8(2)3/h6,8-10H,1,7H2,2-5H3. The van der Waals surface area contributed by atoms with Crippen LogP contribution in [0.1, 0.15) is 13.8 Å². The molecule has 0 rings (SSSR count). The van der Waals surface area contributed by atoms with Crippen LogP contribution in [0, 0.1) is 5.92 Å². The van der Waals surface area contributed by atoms with Gasteiger partial charge in [0.05, 0.1) is 6.17 Å². The van der Waals surface area contributed by atoms with E-state index in [1.165, 1.54) is 0 Å². The van der Waals surface area contributed by atoms with Gasteiger partial charge in [-0.3, -0.25) is 4.90 Å². The molecule has 0 spiro atoms. The van der Waals surface area contributed by atoms with Gasteiger partial charge in [-0.05, 0) is 20.0 Å². The lowest BCUT2D eigenvalue weighted by atomic mass is 10.1. The zero-order valence-corrected chi connectivity index (χ0v) is 8.09. The topological polar surface area (TPSA) is 15.3 Å². The van der Waals surface area contributed by atoms with Gasteiger partial charge < -0.3 is 5.32 Å². The molecule has 0 aromatic heterocycles. The third-order valence-corrected chi connectivity index (χ3v) is 1.82. The van der Waals surface area contributed by atoms with Crippen molar-refractivity contribution in [2.45, 2.75) is 20.0 Å². The Morgan fingerprint density at radius 2 is 2.09 bits per heavy atom. The van der Waals surface area contributed by atoms with Gasteiger partial charge in [-0.2, -0.15) is 0 Å². The Kier molecular flexibility index (Phi) is 5.16. The molecule has 11 heavy (non-hydrogen) atoms. The normalized spacial score (nSPS) is 14.0. The molecule has 0 aromatic rings. The minimum absolute atomic E-state index is 0.452. The summed E-state index contributed by atoms with van der Waals surface area (Å²) in [6.45, 7) is 9.06. The van der Waals surface area contributed by atoms with Crippen LogP contribution in [-0.2, 0) is 0 Å². The first-order valence-electron chi connectivity index (χ1n) is 4.11. The minimum Gasteiger partial charge on any atom is -0.305 e. The Labute approximate surface area is 70.3 Å². The molecule has 0 heterocycles.